The van der Waals surface area contributed by atoms with E-state index in [-0.39, 0.29) is 0 Å². The lowest BCUT2D eigenvalue weighted by molar-refractivity contribution is 0.136. The van der Waals surface area contributed by atoms with Crippen LogP contribution in [-0.2, 0) is 6.54 Å². The molecule has 1 fully saturated rings. The summed E-state index contributed by atoms with van der Waals surface area (Å²) in [6, 6.07) is 11.3. The Morgan fingerprint density at radius 1 is 1.17 bits per heavy atom. The molecule has 4 nitrogen and oxygen atoms in total. The number of piperidine rings is 1. The quantitative estimate of drug-likeness (QED) is 0.795. The average Bonchev–Trinajstić information content (AvgIpc) is 3.01. The van der Waals surface area contributed by atoms with Gasteiger partial charge in [-0.25, -0.2) is 0 Å². The van der Waals surface area contributed by atoms with Crippen LogP contribution < -0.4 is 0 Å². The molecule has 0 saturated carbocycles. The molecule has 0 amide bonds. The first kappa shape index (κ1) is 14.4. The minimum atomic E-state index is 0.444. The van der Waals surface area contributed by atoms with E-state index in [0.29, 0.717) is 6.04 Å². The molecular weight excluding hydrogens is 284 g/mol. The Bertz CT molecular complexity index is 757. The summed E-state index contributed by atoms with van der Waals surface area (Å²) in [7, 11) is 0. The van der Waals surface area contributed by atoms with Crippen LogP contribution >= 0.6 is 0 Å². The Morgan fingerprint density at radius 3 is 2.91 bits per heavy atom. The molecule has 0 radical (unpaired) electrons. The van der Waals surface area contributed by atoms with Gasteiger partial charge >= 0.3 is 0 Å². The number of aromatic amines is 1. The number of fused-ring (bicyclic) bond motifs is 1. The zero-order chi connectivity index (χ0) is 15.6. The lowest BCUT2D eigenvalue weighted by Gasteiger charge is -2.34. The van der Waals surface area contributed by atoms with Crippen LogP contribution in [0.2, 0.25) is 0 Å². The highest BCUT2D eigenvalue weighted by molar-refractivity contribution is 5.80. The second-order valence-electron chi connectivity index (χ2n) is 6.44. The molecule has 1 saturated heterocycles. The highest BCUT2D eigenvalue weighted by Gasteiger charge is 2.25. The monoisotopic (exact) mass is 306 g/mol. The molecule has 3 aromatic rings. The predicted molar refractivity (Wildman–Crippen MR) is 92.1 cm³/mol. The number of nitrogens with zero attached hydrogens (tertiary/aromatic N) is 3. The third-order valence-electron chi connectivity index (χ3n) is 4.72. The molecule has 1 atom stereocenters. The number of H-pyrrole nitrogens is 1. The second kappa shape index (κ2) is 6.13. The van der Waals surface area contributed by atoms with Crippen molar-refractivity contribution in [1.82, 2.24) is 19.9 Å². The van der Waals surface area contributed by atoms with E-state index in [4.69, 9.17) is 0 Å². The SMILES string of the molecule is Cc1cnc(CN2CCCC[C@H]2c2cc3ccccc3[nH]2)cn1. The van der Waals surface area contributed by atoms with Crippen LogP contribution in [0.25, 0.3) is 10.9 Å². The van der Waals surface area contributed by atoms with Gasteiger partial charge in [0, 0.05) is 30.1 Å². The van der Waals surface area contributed by atoms with Gasteiger partial charge < -0.3 is 4.98 Å². The minimum absolute atomic E-state index is 0.444. The van der Waals surface area contributed by atoms with Crippen molar-refractivity contribution in [2.45, 2.75) is 38.8 Å². The average molecular weight is 306 g/mol. The molecule has 1 aliphatic rings. The number of likely N-dealkylation sites (tertiary alicyclic amines) is 1. The summed E-state index contributed by atoms with van der Waals surface area (Å²) in [4.78, 5) is 15.1. The van der Waals surface area contributed by atoms with E-state index in [1.807, 2.05) is 19.3 Å². The van der Waals surface area contributed by atoms with E-state index in [9.17, 15) is 0 Å². The van der Waals surface area contributed by atoms with Crippen LogP contribution in [0.1, 0.15) is 42.4 Å². The van der Waals surface area contributed by atoms with E-state index in [2.05, 4.69) is 50.2 Å². The summed E-state index contributed by atoms with van der Waals surface area (Å²) in [5.41, 5.74) is 4.58. The van der Waals surface area contributed by atoms with Gasteiger partial charge in [0.25, 0.3) is 0 Å². The highest BCUT2D eigenvalue weighted by atomic mass is 15.2. The minimum Gasteiger partial charge on any atom is -0.357 e. The summed E-state index contributed by atoms with van der Waals surface area (Å²) in [6.45, 7) is 3.97. The summed E-state index contributed by atoms with van der Waals surface area (Å²) in [5, 5.41) is 1.29. The van der Waals surface area contributed by atoms with Crippen LogP contribution in [0.5, 0.6) is 0 Å². The number of hydrogen-bond donors (Lipinski definition) is 1. The maximum absolute atomic E-state index is 4.53. The Kier molecular flexibility index (Phi) is 3.83. The molecule has 1 aliphatic heterocycles. The number of benzene rings is 1. The zero-order valence-electron chi connectivity index (χ0n) is 13.5. The number of rotatable bonds is 3. The first-order chi connectivity index (χ1) is 11.3. The number of aromatic nitrogens is 3. The van der Waals surface area contributed by atoms with E-state index in [1.54, 1.807) is 0 Å². The first-order valence-electron chi connectivity index (χ1n) is 8.39. The molecule has 3 heterocycles. The summed E-state index contributed by atoms with van der Waals surface area (Å²) in [5.74, 6) is 0. The molecule has 1 aromatic carbocycles. The van der Waals surface area contributed by atoms with Gasteiger partial charge in [-0.3, -0.25) is 14.9 Å². The third-order valence-corrected chi connectivity index (χ3v) is 4.72. The largest absolute Gasteiger partial charge is 0.357 e. The van der Waals surface area contributed by atoms with E-state index >= 15 is 0 Å². The predicted octanol–water partition coefficient (Wildman–Crippen LogP) is 3.99. The van der Waals surface area contributed by atoms with Gasteiger partial charge in [0.15, 0.2) is 0 Å². The highest BCUT2D eigenvalue weighted by Crippen LogP contribution is 2.33. The maximum atomic E-state index is 4.53. The molecule has 23 heavy (non-hydrogen) atoms. The zero-order valence-corrected chi connectivity index (χ0v) is 13.5. The Hall–Kier alpha value is -2.20. The van der Waals surface area contributed by atoms with E-state index in [1.165, 1.54) is 35.9 Å². The van der Waals surface area contributed by atoms with Crippen molar-refractivity contribution in [2.24, 2.45) is 0 Å². The Labute approximate surface area is 136 Å². The normalized spacial score (nSPS) is 19.3. The lowest BCUT2D eigenvalue weighted by Crippen LogP contribution is -2.33. The second-order valence-corrected chi connectivity index (χ2v) is 6.44. The van der Waals surface area contributed by atoms with Crippen LogP contribution in [0.4, 0.5) is 0 Å². The van der Waals surface area contributed by atoms with Gasteiger partial charge in [-0.05, 0) is 43.8 Å². The van der Waals surface area contributed by atoms with Crippen molar-refractivity contribution in [3.05, 3.63) is 59.8 Å². The fourth-order valence-electron chi connectivity index (χ4n) is 3.52. The Morgan fingerprint density at radius 2 is 2.09 bits per heavy atom. The van der Waals surface area contributed by atoms with Crippen LogP contribution in [-0.4, -0.2) is 26.4 Å². The van der Waals surface area contributed by atoms with Crippen LogP contribution in [0.15, 0.2) is 42.7 Å². The summed E-state index contributed by atoms with van der Waals surface area (Å²) < 4.78 is 0. The molecular formula is C19H22N4. The molecule has 118 valence electrons. The van der Waals surface area contributed by atoms with E-state index < -0.39 is 0 Å². The van der Waals surface area contributed by atoms with Crippen molar-refractivity contribution in [3.63, 3.8) is 0 Å². The maximum Gasteiger partial charge on any atom is 0.0727 e. The van der Waals surface area contributed by atoms with Gasteiger partial charge in [-0.1, -0.05) is 24.6 Å². The van der Waals surface area contributed by atoms with Crippen molar-refractivity contribution in [2.75, 3.05) is 6.54 Å². The molecule has 0 bridgehead atoms. The summed E-state index contributed by atoms with van der Waals surface area (Å²) >= 11 is 0. The fourth-order valence-corrected chi connectivity index (χ4v) is 3.52. The van der Waals surface area contributed by atoms with Gasteiger partial charge in [0.05, 0.1) is 17.4 Å². The standard InChI is InChI=1S/C19H22N4/c1-14-11-21-16(12-20-14)13-23-9-5-4-8-19(23)18-10-15-6-2-3-7-17(15)22-18/h2-3,6-7,10-12,19,22H,4-5,8-9,13H2,1H3/t19-/m0/s1. The van der Waals surface area contributed by atoms with Crippen molar-refractivity contribution in [1.29, 1.82) is 0 Å². The molecule has 4 rings (SSSR count). The van der Waals surface area contributed by atoms with Crippen molar-refractivity contribution in [3.8, 4) is 0 Å². The molecule has 2 aromatic heterocycles. The van der Waals surface area contributed by atoms with Crippen molar-refractivity contribution < 1.29 is 0 Å². The third kappa shape index (κ3) is 2.99. The fraction of sp³-hybridized carbons (Fsp3) is 0.368. The van der Waals surface area contributed by atoms with Crippen LogP contribution in [0.3, 0.4) is 0 Å². The topological polar surface area (TPSA) is 44.8 Å². The Balaban J connectivity index is 1.60. The molecule has 0 spiro atoms. The van der Waals surface area contributed by atoms with Gasteiger partial charge in [-0.15, -0.1) is 0 Å². The van der Waals surface area contributed by atoms with Gasteiger partial charge in [-0.2, -0.15) is 0 Å². The van der Waals surface area contributed by atoms with E-state index in [0.717, 1.165) is 24.5 Å². The van der Waals surface area contributed by atoms with Gasteiger partial charge in [0.1, 0.15) is 0 Å². The number of nitrogens with one attached hydrogen (secondary N) is 1. The van der Waals surface area contributed by atoms with Crippen LogP contribution in [0, 0.1) is 6.92 Å². The molecule has 1 N–H and O–H groups in total. The van der Waals surface area contributed by atoms with Crippen molar-refractivity contribution >= 4 is 10.9 Å². The number of para-hydroxylation sites is 1. The number of hydrogen-bond acceptors (Lipinski definition) is 3. The first-order valence-corrected chi connectivity index (χ1v) is 8.39. The molecule has 0 aliphatic carbocycles. The number of aryl methyl sites for hydroxylation is 1. The molecule has 4 heteroatoms. The molecule has 0 unspecified atom stereocenters. The van der Waals surface area contributed by atoms with Gasteiger partial charge in [0.2, 0.25) is 0 Å². The smallest absolute Gasteiger partial charge is 0.0727 e. The summed E-state index contributed by atoms with van der Waals surface area (Å²) in [6.07, 6.45) is 7.52. The lowest BCUT2D eigenvalue weighted by atomic mass is 9.99.